The van der Waals surface area contributed by atoms with Crippen molar-refractivity contribution in [2.24, 2.45) is 0 Å². The number of oxazole rings is 1. The number of carbonyl (C=O) groups excluding carboxylic acids is 1. The van der Waals surface area contributed by atoms with E-state index in [1.165, 1.54) is 6.92 Å². The van der Waals surface area contributed by atoms with Crippen LogP contribution in [-0.2, 0) is 0 Å². The Hall–Kier alpha value is -2.77. The highest BCUT2D eigenvalue weighted by Crippen LogP contribution is 2.21. The van der Waals surface area contributed by atoms with Crippen LogP contribution in [0.25, 0.3) is 0 Å². The van der Waals surface area contributed by atoms with Gasteiger partial charge in [-0.1, -0.05) is 0 Å². The van der Waals surface area contributed by atoms with Crippen LogP contribution >= 0.6 is 0 Å². The molecule has 1 heterocycles. The molecule has 8 heteroatoms. The maximum Gasteiger partial charge on any atom is 0.337 e. The third kappa shape index (κ3) is 2.48. The molecule has 1 aromatic heterocycles. The second kappa shape index (κ2) is 5.08. The summed E-state index contributed by atoms with van der Waals surface area (Å²) in [6.07, 6.45) is 1.04. The lowest BCUT2D eigenvalue weighted by atomic mass is 10.1. The van der Waals surface area contributed by atoms with Crippen LogP contribution in [0.3, 0.4) is 0 Å². The highest BCUT2D eigenvalue weighted by molar-refractivity contribution is 6.06. The summed E-state index contributed by atoms with van der Waals surface area (Å²) in [5, 5.41) is 11.0. The van der Waals surface area contributed by atoms with E-state index in [-0.39, 0.29) is 17.1 Å². The van der Waals surface area contributed by atoms with Crippen molar-refractivity contribution in [2.75, 3.05) is 5.32 Å². The second-order valence-electron chi connectivity index (χ2n) is 3.84. The molecule has 0 aliphatic heterocycles. The van der Waals surface area contributed by atoms with Crippen molar-refractivity contribution in [1.29, 1.82) is 0 Å². The van der Waals surface area contributed by atoms with Crippen molar-refractivity contribution in [1.82, 2.24) is 4.98 Å². The Kier molecular flexibility index (Phi) is 3.47. The molecule has 1 aromatic carbocycles. The van der Waals surface area contributed by atoms with Crippen molar-refractivity contribution in [3.8, 4) is 0 Å². The van der Waals surface area contributed by atoms with Crippen LogP contribution in [-0.4, -0.2) is 22.0 Å². The Morgan fingerprint density at radius 3 is 2.50 bits per heavy atom. The number of nitrogens with one attached hydrogen (secondary N) is 1. The lowest BCUT2D eigenvalue weighted by molar-refractivity contribution is 0.0697. The number of aryl methyl sites for hydroxylation is 1. The quantitative estimate of drug-likeness (QED) is 0.900. The van der Waals surface area contributed by atoms with Crippen molar-refractivity contribution < 1.29 is 27.9 Å². The molecule has 104 valence electrons. The molecular formula is C12H8F2N2O4. The number of rotatable bonds is 3. The number of benzene rings is 1. The van der Waals surface area contributed by atoms with Gasteiger partial charge in [-0.3, -0.25) is 4.79 Å². The Labute approximate surface area is 111 Å². The molecule has 0 saturated carbocycles. The first kappa shape index (κ1) is 13.7. The number of aromatic nitrogens is 1. The largest absolute Gasteiger partial charge is 0.478 e. The highest BCUT2D eigenvalue weighted by Gasteiger charge is 2.20. The molecule has 0 atom stereocenters. The van der Waals surface area contributed by atoms with Crippen LogP contribution < -0.4 is 5.32 Å². The maximum absolute atomic E-state index is 13.1. The van der Waals surface area contributed by atoms with E-state index in [0.717, 1.165) is 6.39 Å². The standard InChI is InChI=1S/C12H8F2N2O4/c1-5-10(20-4-15-5)11(17)16-9-3-8(14)7(13)2-6(9)12(18)19/h2-4H,1H3,(H,16,17)(H,18,19). The van der Waals surface area contributed by atoms with Gasteiger partial charge in [0, 0.05) is 6.07 Å². The normalized spacial score (nSPS) is 10.3. The molecule has 2 aromatic rings. The first-order valence-corrected chi connectivity index (χ1v) is 5.34. The fraction of sp³-hybridized carbons (Fsp3) is 0.0833. The zero-order valence-corrected chi connectivity index (χ0v) is 10.1. The van der Waals surface area contributed by atoms with Crippen molar-refractivity contribution >= 4 is 17.6 Å². The third-order valence-electron chi connectivity index (χ3n) is 2.49. The molecule has 0 spiro atoms. The minimum Gasteiger partial charge on any atom is -0.478 e. The second-order valence-corrected chi connectivity index (χ2v) is 3.84. The lowest BCUT2D eigenvalue weighted by Gasteiger charge is -2.08. The molecule has 20 heavy (non-hydrogen) atoms. The molecule has 0 aliphatic carbocycles. The Bertz CT molecular complexity index is 697. The Morgan fingerprint density at radius 1 is 1.30 bits per heavy atom. The minimum atomic E-state index is -1.51. The van der Waals surface area contributed by atoms with Gasteiger partial charge in [-0.15, -0.1) is 0 Å². The molecule has 0 aliphatic rings. The monoisotopic (exact) mass is 282 g/mol. The van der Waals surface area contributed by atoms with Crippen LogP contribution in [0.15, 0.2) is 22.9 Å². The molecule has 0 unspecified atom stereocenters. The van der Waals surface area contributed by atoms with Gasteiger partial charge in [0.15, 0.2) is 18.0 Å². The molecule has 2 rings (SSSR count). The SMILES string of the molecule is Cc1ncoc1C(=O)Nc1cc(F)c(F)cc1C(=O)O. The smallest absolute Gasteiger partial charge is 0.337 e. The Morgan fingerprint density at radius 2 is 1.95 bits per heavy atom. The molecule has 2 N–H and O–H groups in total. The number of anilines is 1. The zero-order chi connectivity index (χ0) is 14.9. The minimum absolute atomic E-state index is 0.147. The summed E-state index contributed by atoms with van der Waals surface area (Å²) in [7, 11) is 0. The number of amides is 1. The van der Waals surface area contributed by atoms with E-state index in [4.69, 9.17) is 9.52 Å². The van der Waals surface area contributed by atoms with E-state index >= 15 is 0 Å². The molecule has 1 amide bonds. The number of aromatic carboxylic acids is 1. The highest BCUT2D eigenvalue weighted by atomic mass is 19.2. The first-order chi connectivity index (χ1) is 9.40. The van der Waals surface area contributed by atoms with Crippen molar-refractivity contribution in [3.05, 3.63) is 47.2 Å². The molecule has 0 saturated heterocycles. The van der Waals surface area contributed by atoms with Crippen LogP contribution in [0, 0.1) is 18.6 Å². The van der Waals surface area contributed by atoms with Gasteiger partial charge in [0.2, 0.25) is 5.76 Å². The number of halogens is 2. The van der Waals surface area contributed by atoms with Gasteiger partial charge >= 0.3 is 5.97 Å². The lowest BCUT2D eigenvalue weighted by Crippen LogP contribution is -2.16. The summed E-state index contributed by atoms with van der Waals surface area (Å²) in [4.78, 5) is 26.4. The van der Waals surface area contributed by atoms with Crippen LogP contribution in [0.2, 0.25) is 0 Å². The first-order valence-electron chi connectivity index (χ1n) is 5.34. The van der Waals surface area contributed by atoms with Crippen LogP contribution in [0.1, 0.15) is 26.6 Å². The molecule has 0 fully saturated rings. The van der Waals surface area contributed by atoms with Crippen LogP contribution in [0.4, 0.5) is 14.5 Å². The van der Waals surface area contributed by atoms with Gasteiger partial charge < -0.3 is 14.8 Å². The molecule has 0 radical (unpaired) electrons. The fourth-order valence-corrected chi connectivity index (χ4v) is 1.53. The van der Waals surface area contributed by atoms with Crippen molar-refractivity contribution in [2.45, 2.75) is 6.92 Å². The molecule has 6 nitrogen and oxygen atoms in total. The van der Waals surface area contributed by atoms with Gasteiger partial charge in [0.05, 0.1) is 16.9 Å². The van der Waals surface area contributed by atoms with Gasteiger partial charge in [-0.2, -0.15) is 0 Å². The van der Waals surface area contributed by atoms with Gasteiger partial charge in [0.1, 0.15) is 0 Å². The van der Waals surface area contributed by atoms with Gasteiger partial charge in [-0.25, -0.2) is 18.6 Å². The summed E-state index contributed by atoms with van der Waals surface area (Å²) in [5.41, 5.74) is -0.673. The average molecular weight is 282 g/mol. The van der Waals surface area contributed by atoms with Crippen molar-refractivity contribution in [3.63, 3.8) is 0 Å². The molecular weight excluding hydrogens is 274 g/mol. The number of hydrogen-bond donors (Lipinski definition) is 2. The number of carboxylic acids is 1. The van der Waals surface area contributed by atoms with E-state index in [1.807, 2.05) is 0 Å². The third-order valence-corrected chi connectivity index (χ3v) is 2.49. The predicted molar refractivity (Wildman–Crippen MR) is 62.5 cm³/mol. The van der Waals surface area contributed by atoms with E-state index in [0.29, 0.717) is 12.1 Å². The van der Waals surface area contributed by atoms with Gasteiger partial charge in [0.25, 0.3) is 5.91 Å². The van der Waals surface area contributed by atoms with E-state index in [1.54, 1.807) is 0 Å². The summed E-state index contributed by atoms with van der Waals surface area (Å²) >= 11 is 0. The number of hydrogen-bond acceptors (Lipinski definition) is 4. The topological polar surface area (TPSA) is 92.4 Å². The predicted octanol–water partition coefficient (Wildman–Crippen LogP) is 2.21. The zero-order valence-electron chi connectivity index (χ0n) is 10.1. The number of carbonyl (C=O) groups is 2. The van der Waals surface area contributed by atoms with Crippen LogP contribution in [0.5, 0.6) is 0 Å². The Balaban J connectivity index is 2.38. The molecule has 0 bridgehead atoms. The number of carboxylic acid groups (broad SMARTS) is 1. The summed E-state index contributed by atoms with van der Waals surface area (Å²) < 4.78 is 31.0. The number of nitrogens with zero attached hydrogens (tertiary/aromatic N) is 1. The summed E-state index contributed by atoms with van der Waals surface area (Å²) in [6.45, 7) is 1.50. The van der Waals surface area contributed by atoms with E-state index in [2.05, 4.69) is 10.3 Å². The van der Waals surface area contributed by atoms with E-state index in [9.17, 15) is 18.4 Å². The average Bonchev–Trinajstić information content (AvgIpc) is 2.79. The fourth-order valence-electron chi connectivity index (χ4n) is 1.53. The van der Waals surface area contributed by atoms with Gasteiger partial charge in [-0.05, 0) is 13.0 Å². The maximum atomic E-state index is 13.1. The summed E-state index contributed by atoms with van der Waals surface area (Å²) in [5.74, 6) is -5.07. The van der Waals surface area contributed by atoms with E-state index < -0.39 is 29.1 Å². The summed E-state index contributed by atoms with van der Waals surface area (Å²) in [6, 6.07) is 1.07.